The Hall–Kier alpha value is -1.41. The van der Waals surface area contributed by atoms with E-state index in [-0.39, 0.29) is 6.42 Å². The van der Waals surface area contributed by atoms with Gasteiger partial charge >= 0.3 is 5.97 Å². The molecule has 1 saturated heterocycles. The molecule has 0 radical (unpaired) electrons. The largest absolute Gasteiger partial charge is 0.495 e. The van der Waals surface area contributed by atoms with E-state index >= 15 is 0 Å². The van der Waals surface area contributed by atoms with Crippen LogP contribution in [0, 0.1) is 0 Å². The molecule has 0 saturated carbocycles. The van der Waals surface area contributed by atoms with Gasteiger partial charge in [-0.25, -0.2) is 0 Å². The van der Waals surface area contributed by atoms with Crippen LogP contribution in [0.1, 0.15) is 37.7 Å². The maximum Gasteiger partial charge on any atom is 0.303 e. The zero-order valence-electron chi connectivity index (χ0n) is 13.4. The van der Waals surface area contributed by atoms with Crippen molar-refractivity contribution >= 4 is 35.7 Å². The molecular weight excluding hydrogens is 354 g/mol. The van der Waals surface area contributed by atoms with E-state index in [9.17, 15) is 4.79 Å². The molecule has 0 aliphatic carbocycles. The number of carbonyl (C=O) groups is 1. The lowest BCUT2D eigenvalue weighted by molar-refractivity contribution is -0.259. The molecule has 6 nitrogen and oxygen atoms in total. The smallest absolute Gasteiger partial charge is 0.303 e. The Balaban J connectivity index is 1.77. The van der Waals surface area contributed by atoms with Crippen LogP contribution < -0.4 is 4.74 Å². The van der Waals surface area contributed by atoms with E-state index in [0.29, 0.717) is 28.8 Å². The van der Waals surface area contributed by atoms with E-state index in [1.54, 1.807) is 13.2 Å². The van der Waals surface area contributed by atoms with Gasteiger partial charge in [-0.2, -0.15) is 4.28 Å². The number of nitrogens with zero attached hydrogens (tertiary/aromatic N) is 1. The minimum atomic E-state index is -0.746. The van der Waals surface area contributed by atoms with Gasteiger partial charge in [-0.15, -0.1) is 0 Å². The highest BCUT2D eigenvalue weighted by atomic mass is 35.5. The van der Waals surface area contributed by atoms with E-state index in [1.165, 1.54) is 5.23 Å². The number of benzene rings is 1. The van der Waals surface area contributed by atoms with Crippen molar-refractivity contribution in [3.8, 4) is 5.75 Å². The number of carboxylic acids is 1. The molecule has 1 heterocycles. The van der Waals surface area contributed by atoms with Crippen molar-refractivity contribution in [2.45, 2.75) is 32.1 Å². The SMILES string of the molecule is COc1c(Cl)cccc1C=C1ON(CCCCCCC(=O)O)OS1. The molecule has 0 unspecified atom stereocenters. The molecule has 1 N–H and O–H groups in total. The number of para-hydroxylation sites is 1. The third-order valence-electron chi connectivity index (χ3n) is 3.35. The minimum absolute atomic E-state index is 0.223. The minimum Gasteiger partial charge on any atom is -0.495 e. The van der Waals surface area contributed by atoms with Gasteiger partial charge in [0.2, 0.25) is 5.09 Å². The summed E-state index contributed by atoms with van der Waals surface area (Å²) in [6.45, 7) is 0.615. The molecule has 2 rings (SSSR count). The molecular formula is C16H20ClNO5S. The van der Waals surface area contributed by atoms with Gasteiger partial charge in [0, 0.05) is 18.1 Å². The van der Waals surface area contributed by atoms with Gasteiger partial charge in [0.15, 0.2) is 0 Å². The van der Waals surface area contributed by atoms with E-state index in [0.717, 1.165) is 36.9 Å². The van der Waals surface area contributed by atoms with Crippen molar-refractivity contribution < 1.29 is 23.8 Å². The van der Waals surface area contributed by atoms with Gasteiger partial charge in [0.05, 0.1) is 30.7 Å². The topological polar surface area (TPSA) is 68.2 Å². The molecule has 1 aliphatic heterocycles. The molecule has 0 spiro atoms. The van der Waals surface area contributed by atoms with Crippen molar-refractivity contribution in [1.29, 1.82) is 0 Å². The third-order valence-corrected chi connectivity index (χ3v) is 4.25. The fourth-order valence-corrected chi connectivity index (χ4v) is 3.00. The number of hydroxylamine groups is 2. The Morgan fingerprint density at radius 2 is 2.17 bits per heavy atom. The summed E-state index contributed by atoms with van der Waals surface area (Å²) in [4.78, 5) is 16.0. The van der Waals surface area contributed by atoms with Gasteiger partial charge in [0.1, 0.15) is 5.75 Å². The standard InChI is InChI=1S/C16H20ClNO5S/c1-21-16-12(7-6-8-13(16)17)11-15-22-18(23-24-15)10-5-3-2-4-9-14(19)20/h6-8,11H,2-5,9-10H2,1H3,(H,19,20). The number of carboxylic acid groups (broad SMARTS) is 1. The summed E-state index contributed by atoms with van der Waals surface area (Å²) in [5, 5.41) is 11.1. The molecule has 1 aliphatic rings. The number of halogens is 1. The van der Waals surface area contributed by atoms with Crippen LogP contribution in [0.5, 0.6) is 5.75 Å². The Morgan fingerprint density at radius 3 is 2.92 bits per heavy atom. The predicted octanol–water partition coefficient (Wildman–Crippen LogP) is 4.51. The first-order chi connectivity index (χ1) is 11.6. The van der Waals surface area contributed by atoms with E-state index in [4.69, 9.17) is 30.6 Å². The van der Waals surface area contributed by atoms with Crippen LogP contribution in [0.2, 0.25) is 5.02 Å². The summed E-state index contributed by atoms with van der Waals surface area (Å²) in [6.07, 6.45) is 5.42. The number of ether oxygens (including phenoxy) is 1. The summed E-state index contributed by atoms with van der Waals surface area (Å²) < 4.78 is 10.7. The highest BCUT2D eigenvalue weighted by Crippen LogP contribution is 2.35. The monoisotopic (exact) mass is 373 g/mol. The molecule has 1 fully saturated rings. The lowest BCUT2D eigenvalue weighted by Crippen LogP contribution is -2.16. The van der Waals surface area contributed by atoms with Crippen molar-refractivity contribution in [2.24, 2.45) is 0 Å². The second-order valence-corrected chi connectivity index (χ2v) is 6.31. The first-order valence-electron chi connectivity index (χ1n) is 7.66. The highest BCUT2D eigenvalue weighted by Gasteiger charge is 2.21. The quantitative estimate of drug-likeness (QED) is 0.504. The Labute approximate surface area is 150 Å². The molecule has 0 aromatic heterocycles. The molecule has 1 aromatic carbocycles. The van der Waals surface area contributed by atoms with Gasteiger partial charge in [-0.1, -0.05) is 36.6 Å². The van der Waals surface area contributed by atoms with Crippen molar-refractivity contribution in [1.82, 2.24) is 5.23 Å². The molecule has 132 valence electrons. The molecule has 0 bridgehead atoms. The summed E-state index contributed by atoms with van der Waals surface area (Å²) in [6, 6.07) is 5.48. The van der Waals surface area contributed by atoms with Crippen molar-refractivity contribution in [2.75, 3.05) is 13.7 Å². The summed E-state index contributed by atoms with van der Waals surface area (Å²) in [5.74, 6) is -0.156. The zero-order valence-corrected chi connectivity index (χ0v) is 14.9. The second-order valence-electron chi connectivity index (χ2n) is 5.19. The average molecular weight is 374 g/mol. The van der Waals surface area contributed by atoms with Crippen LogP contribution in [-0.2, 0) is 13.9 Å². The Kier molecular flexibility index (Phi) is 7.71. The van der Waals surface area contributed by atoms with Crippen LogP contribution in [0.15, 0.2) is 23.3 Å². The van der Waals surface area contributed by atoms with Crippen LogP contribution in [-0.4, -0.2) is 30.0 Å². The summed E-state index contributed by atoms with van der Waals surface area (Å²) in [5.41, 5.74) is 0.812. The fraction of sp³-hybridized carbons (Fsp3) is 0.438. The molecule has 8 heteroatoms. The lowest BCUT2D eigenvalue weighted by Gasteiger charge is -2.10. The van der Waals surface area contributed by atoms with E-state index < -0.39 is 5.97 Å². The maximum absolute atomic E-state index is 10.4. The number of hydrogen-bond acceptors (Lipinski definition) is 6. The first-order valence-corrected chi connectivity index (χ1v) is 8.78. The normalized spacial score (nSPS) is 16.3. The number of rotatable bonds is 9. The zero-order chi connectivity index (χ0) is 17.4. The molecule has 1 aromatic rings. The number of methoxy groups -OCH3 is 1. The molecule has 0 amide bonds. The van der Waals surface area contributed by atoms with E-state index in [1.807, 2.05) is 18.2 Å². The summed E-state index contributed by atoms with van der Waals surface area (Å²) >= 11 is 7.22. The van der Waals surface area contributed by atoms with Crippen LogP contribution >= 0.6 is 23.6 Å². The van der Waals surface area contributed by atoms with Crippen molar-refractivity contribution in [3.05, 3.63) is 33.9 Å². The lowest BCUT2D eigenvalue weighted by atomic mass is 10.1. The molecule has 24 heavy (non-hydrogen) atoms. The Morgan fingerprint density at radius 1 is 1.38 bits per heavy atom. The van der Waals surface area contributed by atoms with Crippen LogP contribution in [0.25, 0.3) is 6.08 Å². The second kappa shape index (κ2) is 9.78. The summed E-state index contributed by atoms with van der Waals surface area (Å²) in [7, 11) is 1.57. The maximum atomic E-state index is 10.4. The number of hydrogen-bond donors (Lipinski definition) is 1. The van der Waals surface area contributed by atoms with Gasteiger partial charge in [0.25, 0.3) is 0 Å². The first kappa shape index (κ1) is 18.9. The van der Waals surface area contributed by atoms with E-state index in [2.05, 4.69) is 0 Å². The number of unbranched alkanes of at least 4 members (excludes halogenated alkanes) is 3. The average Bonchev–Trinajstić information content (AvgIpc) is 2.98. The van der Waals surface area contributed by atoms with Gasteiger partial charge < -0.3 is 14.7 Å². The number of aliphatic carboxylic acids is 1. The van der Waals surface area contributed by atoms with Crippen LogP contribution in [0.4, 0.5) is 0 Å². The Bertz CT molecular complexity index is 596. The highest BCUT2D eigenvalue weighted by molar-refractivity contribution is 7.98. The predicted molar refractivity (Wildman–Crippen MR) is 93.2 cm³/mol. The van der Waals surface area contributed by atoms with Gasteiger partial charge in [-0.3, -0.25) is 4.79 Å². The fourth-order valence-electron chi connectivity index (χ4n) is 2.19. The third kappa shape index (κ3) is 5.90. The van der Waals surface area contributed by atoms with Crippen LogP contribution in [0.3, 0.4) is 0 Å². The van der Waals surface area contributed by atoms with Crippen molar-refractivity contribution in [3.63, 3.8) is 0 Å². The van der Waals surface area contributed by atoms with Gasteiger partial charge in [-0.05, 0) is 24.1 Å². The molecule has 0 atom stereocenters.